The van der Waals surface area contributed by atoms with Gasteiger partial charge in [0.05, 0.1) is 0 Å². The minimum absolute atomic E-state index is 0.168. The molecule has 0 saturated carbocycles. The molecule has 0 aliphatic carbocycles. The van der Waals surface area contributed by atoms with Crippen LogP contribution < -0.4 is 5.56 Å². The number of hydrogen-bond acceptors (Lipinski definition) is 1. The molecular weight excluding hydrogens is 164 g/mol. The fourth-order valence-electron chi connectivity index (χ4n) is 1.57. The summed E-state index contributed by atoms with van der Waals surface area (Å²) in [5.74, 6) is 0. The van der Waals surface area contributed by atoms with Crippen LogP contribution in [0.1, 0.15) is 37.9 Å². The van der Waals surface area contributed by atoms with E-state index in [4.69, 9.17) is 0 Å². The highest BCUT2D eigenvalue weighted by Gasteiger charge is 2.08. The number of hydrogen-bond donors (Lipinski definition) is 1. The van der Waals surface area contributed by atoms with Gasteiger partial charge in [-0.3, -0.25) is 14.6 Å². The quantitative estimate of drug-likeness (QED) is 0.758. The first kappa shape index (κ1) is 10.1. The Hall–Kier alpha value is -0.990. The molecule has 0 unspecified atom stereocenters. The molecule has 0 spiro atoms. The van der Waals surface area contributed by atoms with Crippen molar-refractivity contribution >= 4 is 0 Å². The molecule has 1 aromatic heterocycles. The lowest BCUT2D eigenvalue weighted by molar-refractivity contribution is 0.580. The summed E-state index contributed by atoms with van der Waals surface area (Å²) in [6.45, 7) is 6.93. The maximum absolute atomic E-state index is 11.7. The monoisotopic (exact) mass is 182 g/mol. The van der Waals surface area contributed by atoms with Gasteiger partial charge in [-0.05, 0) is 19.8 Å². The lowest BCUT2D eigenvalue weighted by Crippen LogP contribution is -2.18. The highest BCUT2D eigenvalue weighted by molar-refractivity contribution is 5.15. The molecule has 0 aromatic carbocycles. The molecular formula is C10H18N2O. The van der Waals surface area contributed by atoms with Gasteiger partial charge in [0, 0.05) is 17.8 Å². The number of rotatable bonds is 4. The molecule has 0 radical (unpaired) electrons. The Morgan fingerprint density at radius 3 is 2.54 bits per heavy atom. The summed E-state index contributed by atoms with van der Waals surface area (Å²) in [6.07, 6.45) is 2.91. The normalized spacial score (nSPS) is 10.7. The maximum atomic E-state index is 11.7. The molecule has 1 aromatic rings. The third kappa shape index (κ3) is 2.02. The van der Waals surface area contributed by atoms with Gasteiger partial charge < -0.3 is 0 Å². The van der Waals surface area contributed by atoms with Crippen LogP contribution in [0.3, 0.4) is 0 Å². The lowest BCUT2D eigenvalue weighted by Gasteiger charge is -1.95. The van der Waals surface area contributed by atoms with Crippen LogP contribution in [0.15, 0.2) is 4.79 Å². The second kappa shape index (κ2) is 4.30. The smallest absolute Gasteiger partial charge is 0.269 e. The van der Waals surface area contributed by atoms with Crippen LogP contribution in [0.5, 0.6) is 0 Å². The van der Waals surface area contributed by atoms with E-state index >= 15 is 0 Å². The number of nitrogens with one attached hydrogen (secondary N) is 1. The minimum Gasteiger partial charge on any atom is -0.300 e. The van der Waals surface area contributed by atoms with Gasteiger partial charge >= 0.3 is 0 Å². The zero-order valence-electron chi connectivity index (χ0n) is 8.68. The van der Waals surface area contributed by atoms with E-state index in [1.54, 1.807) is 4.68 Å². The van der Waals surface area contributed by atoms with Crippen LogP contribution in [-0.4, -0.2) is 9.78 Å². The first-order valence-electron chi connectivity index (χ1n) is 4.99. The molecule has 0 bridgehead atoms. The molecule has 0 amide bonds. The van der Waals surface area contributed by atoms with Crippen LogP contribution in [0, 0.1) is 6.92 Å². The molecule has 3 heteroatoms. The highest BCUT2D eigenvalue weighted by atomic mass is 16.1. The zero-order chi connectivity index (χ0) is 9.84. The number of aryl methyl sites for hydroxylation is 2. The van der Waals surface area contributed by atoms with Gasteiger partial charge in [0.15, 0.2) is 0 Å². The van der Waals surface area contributed by atoms with Crippen LogP contribution in [0.2, 0.25) is 0 Å². The summed E-state index contributed by atoms with van der Waals surface area (Å²) in [6, 6.07) is 0. The standard InChI is InChI=1S/C10H18N2O/c1-4-6-9-8(3)11-12(7-5-2)10(9)13/h11H,4-7H2,1-3H3. The van der Waals surface area contributed by atoms with E-state index in [1.165, 1.54) is 0 Å². The van der Waals surface area contributed by atoms with Crippen molar-refractivity contribution in [3.63, 3.8) is 0 Å². The highest BCUT2D eigenvalue weighted by Crippen LogP contribution is 2.02. The average Bonchev–Trinajstić information content (AvgIpc) is 2.34. The lowest BCUT2D eigenvalue weighted by atomic mass is 10.1. The maximum Gasteiger partial charge on any atom is 0.269 e. The van der Waals surface area contributed by atoms with E-state index in [-0.39, 0.29) is 5.56 Å². The Balaban J connectivity index is 3.00. The summed E-state index contributed by atoms with van der Waals surface area (Å²) in [5.41, 5.74) is 2.15. The largest absolute Gasteiger partial charge is 0.300 e. The van der Waals surface area contributed by atoms with Crippen molar-refractivity contribution < 1.29 is 0 Å². The predicted octanol–water partition coefficient (Wildman–Crippen LogP) is 1.85. The van der Waals surface area contributed by atoms with E-state index in [0.29, 0.717) is 0 Å². The van der Waals surface area contributed by atoms with Gasteiger partial charge in [-0.2, -0.15) is 0 Å². The van der Waals surface area contributed by atoms with Crippen LogP contribution in [0.4, 0.5) is 0 Å². The predicted molar refractivity (Wildman–Crippen MR) is 54.1 cm³/mol. The van der Waals surface area contributed by atoms with Crippen LogP contribution in [0.25, 0.3) is 0 Å². The van der Waals surface area contributed by atoms with Gasteiger partial charge in [0.25, 0.3) is 5.56 Å². The molecule has 1 N–H and O–H groups in total. The Bertz CT molecular complexity index is 322. The number of aromatic amines is 1. The molecule has 1 rings (SSSR count). The fraction of sp³-hybridized carbons (Fsp3) is 0.700. The van der Waals surface area contributed by atoms with E-state index in [1.807, 2.05) is 6.92 Å². The van der Waals surface area contributed by atoms with Crippen molar-refractivity contribution in [1.82, 2.24) is 9.78 Å². The fourth-order valence-corrected chi connectivity index (χ4v) is 1.57. The number of aromatic nitrogens is 2. The average molecular weight is 182 g/mol. The summed E-state index contributed by atoms with van der Waals surface area (Å²) in [7, 11) is 0. The van der Waals surface area contributed by atoms with Crippen molar-refractivity contribution in [3.05, 3.63) is 21.6 Å². The number of nitrogens with zero attached hydrogens (tertiary/aromatic N) is 1. The van der Waals surface area contributed by atoms with Crippen LogP contribution in [-0.2, 0) is 13.0 Å². The van der Waals surface area contributed by atoms with E-state index in [9.17, 15) is 4.79 Å². The first-order valence-corrected chi connectivity index (χ1v) is 4.99. The van der Waals surface area contributed by atoms with Gasteiger partial charge in [0.1, 0.15) is 0 Å². The molecule has 0 aliphatic rings. The summed E-state index contributed by atoms with van der Waals surface area (Å²) < 4.78 is 1.71. The number of H-pyrrole nitrogens is 1. The van der Waals surface area contributed by atoms with Crippen LogP contribution >= 0.6 is 0 Å². The van der Waals surface area contributed by atoms with E-state index < -0.39 is 0 Å². The summed E-state index contributed by atoms with van der Waals surface area (Å²) in [4.78, 5) is 11.7. The molecule has 0 fully saturated rings. The summed E-state index contributed by atoms with van der Waals surface area (Å²) in [5, 5.41) is 3.10. The van der Waals surface area contributed by atoms with Crippen molar-refractivity contribution in [3.8, 4) is 0 Å². The van der Waals surface area contributed by atoms with E-state index in [0.717, 1.165) is 37.1 Å². The minimum atomic E-state index is 0.168. The first-order chi connectivity index (χ1) is 6.20. The Morgan fingerprint density at radius 2 is 2.00 bits per heavy atom. The van der Waals surface area contributed by atoms with Gasteiger partial charge in [0.2, 0.25) is 0 Å². The van der Waals surface area contributed by atoms with Gasteiger partial charge in [-0.25, -0.2) is 0 Å². The second-order valence-electron chi connectivity index (χ2n) is 3.42. The van der Waals surface area contributed by atoms with Crippen molar-refractivity contribution in [2.75, 3.05) is 0 Å². The van der Waals surface area contributed by atoms with Crippen molar-refractivity contribution in [2.24, 2.45) is 0 Å². The molecule has 13 heavy (non-hydrogen) atoms. The molecule has 0 saturated heterocycles. The molecule has 0 atom stereocenters. The molecule has 3 nitrogen and oxygen atoms in total. The SMILES string of the molecule is CCCc1c(C)[nH]n(CCC)c1=O. The van der Waals surface area contributed by atoms with Gasteiger partial charge in [-0.1, -0.05) is 20.3 Å². The van der Waals surface area contributed by atoms with Crippen molar-refractivity contribution in [1.29, 1.82) is 0 Å². The third-order valence-electron chi connectivity index (χ3n) is 2.21. The second-order valence-corrected chi connectivity index (χ2v) is 3.42. The Kier molecular flexibility index (Phi) is 3.34. The molecule has 1 heterocycles. The third-order valence-corrected chi connectivity index (χ3v) is 2.21. The zero-order valence-corrected chi connectivity index (χ0v) is 8.68. The topological polar surface area (TPSA) is 37.8 Å². The Labute approximate surface area is 78.8 Å². The van der Waals surface area contributed by atoms with Gasteiger partial charge in [-0.15, -0.1) is 0 Å². The van der Waals surface area contributed by atoms with Crippen molar-refractivity contribution in [2.45, 2.75) is 46.6 Å². The summed E-state index contributed by atoms with van der Waals surface area (Å²) >= 11 is 0. The molecule has 74 valence electrons. The van der Waals surface area contributed by atoms with E-state index in [2.05, 4.69) is 18.9 Å². The Morgan fingerprint density at radius 1 is 1.31 bits per heavy atom. The molecule has 0 aliphatic heterocycles.